The van der Waals surface area contributed by atoms with E-state index < -0.39 is 11.2 Å². The molecular formula is C17H12ClFN2O2S2. The number of hydrogen-bond donors (Lipinski definition) is 0. The number of rotatable bonds is 3. The molecule has 1 amide bonds. The Morgan fingerprint density at radius 3 is 2.96 bits per heavy atom. The number of anilines is 1. The summed E-state index contributed by atoms with van der Waals surface area (Å²) in [7, 11) is 1.60. The second-order valence-corrected chi connectivity index (χ2v) is 7.88. The molecule has 4 rings (SSSR count). The molecule has 0 bridgehead atoms. The number of aromatic nitrogens is 1. The Labute approximate surface area is 156 Å². The molecule has 0 radical (unpaired) electrons. The van der Waals surface area contributed by atoms with E-state index in [9.17, 15) is 9.18 Å². The first kappa shape index (κ1) is 16.6. The number of benzene rings is 2. The van der Waals surface area contributed by atoms with Crippen LogP contribution >= 0.6 is 34.7 Å². The molecule has 4 nitrogen and oxygen atoms in total. The van der Waals surface area contributed by atoms with Crippen LogP contribution in [0.4, 0.5) is 9.52 Å². The number of carbonyl (C=O) groups excluding carboxylic acids is 1. The van der Waals surface area contributed by atoms with Gasteiger partial charge in [0.25, 0.3) is 0 Å². The van der Waals surface area contributed by atoms with E-state index in [2.05, 4.69) is 4.98 Å². The smallest absolute Gasteiger partial charge is 0.240 e. The fourth-order valence-corrected chi connectivity index (χ4v) is 5.36. The van der Waals surface area contributed by atoms with E-state index in [-0.39, 0.29) is 11.7 Å². The van der Waals surface area contributed by atoms with Crippen LogP contribution in [0.25, 0.3) is 10.2 Å². The van der Waals surface area contributed by atoms with E-state index in [0.717, 1.165) is 16.0 Å². The van der Waals surface area contributed by atoms with Gasteiger partial charge in [-0.3, -0.25) is 9.69 Å². The van der Waals surface area contributed by atoms with Crippen molar-refractivity contribution in [3.63, 3.8) is 0 Å². The first-order valence-electron chi connectivity index (χ1n) is 7.40. The van der Waals surface area contributed by atoms with Crippen LogP contribution in [0.1, 0.15) is 10.9 Å². The van der Waals surface area contributed by atoms with Crippen molar-refractivity contribution in [2.75, 3.05) is 17.8 Å². The molecule has 0 spiro atoms. The molecule has 0 aliphatic carbocycles. The Morgan fingerprint density at radius 2 is 2.20 bits per heavy atom. The number of thiazole rings is 1. The molecule has 25 heavy (non-hydrogen) atoms. The SMILES string of the molecule is COc1ccc2nc(N3C(=O)CSC3c3c(F)cccc3Cl)sc2c1. The molecule has 3 aromatic rings. The lowest BCUT2D eigenvalue weighted by Crippen LogP contribution is -2.28. The molecule has 1 saturated heterocycles. The monoisotopic (exact) mass is 394 g/mol. The number of amides is 1. The third-order valence-corrected chi connectivity index (χ3v) is 6.43. The first-order chi connectivity index (χ1) is 12.1. The average Bonchev–Trinajstić information content (AvgIpc) is 3.17. The van der Waals surface area contributed by atoms with E-state index in [1.165, 1.54) is 34.1 Å². The van der Waals surface area contributed by atoms with Gasteiger partial charge in [-0.2, -0.15) is 0 Å². The lowest BCUT2D eigenvalue weighted by molar-refractivity contribution is -0.115. The maximum atomic E-state index is 14.4. The van der Waals surface area contributed by atoms with Gasteiger partial charge in [-0.15, -0.1) is 11.8 Å². The minimum absolute atomic E-state index is 0.111. The number of fused-ring (bicyclic) bond motifs is 1. The summed E-state index contributed by atoms with van der Waals surface area (Å²) in [5.41, 5.74) is 1.08. The molecule has 2 heterocycles. The van der Waals surface area contributed by atoms with E-state index in [4.69, 9.17) is 16.3 Å². The Kier molecular flexibility index (Phi) is 4.31. The number of hydrogen-bond acceptors (Lipinski definition) is 5. The molecule has 2 aromatic carbocycles. The molecule has 1 unspecified atom stereocenters. The summed E-state index contributed by atoms with van der Waals surface area (Å²) in [5, 5.41) is 0.311. The van der Waals surface area contributed by atoms with Crippen LogP contribution in [-0.2, 0) is 4.79 Å². The van der Waals surface area contributed by atoms with Gasteiger partial charge in [0, 0.05) is 10.6 Å². The van der Waals surface area contributed by atoms with E-state index in [0.29, 0.717) is 15.7 Å². The van der Waals surface area contributed by atoms with Gasteiger partial charge in [0.15, 0.2) is 5.13 Å². The van der Waals surface area contributed by atoms with Crippen LogP contribution < -0.4 is 9.64 Å². The predicted octanol–water partition coefficient (Wildman–Crippen LogP) is 4.88. The van der Waals surface area contributed by atoms with Crippen LogP contribution in [-0.4, -0.2) is 23.8 Å². The zero-order valence-electron chi connectivity index (χ0n) is 13.0. The largest absolute Gasteiger partial charge is 0.497 e. The zero-order chi connectivity index (χ0) is 17.6. The van der Waals surface area contributed by atoms with Gasteiger partial charge in [0.2, 0.25) is 5.91 Å². The van der Waals surface area contributed by atoms with Gasteiger partial charge in [-0.05, 0) is 30.3 Å². The van der Waals surface area contributed by atoms with Crippen molar-refractivity contribution in [1.82, 2.24) is 4.98 Å². The molecular weight excluding hydrogens is 383 g/mol. The Morgan fingerprint density at radius 1 is 1.36 bits per heavy atom. The van der Waals surface area contributed by atoms with Crippen molar-refractivity contribution < 1.29 is 13.9 Å². The Hall–Kier alpha value is -1.83. The molecule has 1 fully saturated rings. The summed E-state index contributed by atoms with van der Waals surface area (Å²) in [6.45, 7) is 0. The number of carbonyl (C=O) groups is 1. The Bertz CT molecular complexity index is 958. The molecule has 1 atom stereocenters. The van der Waals surface area contributed by atoms with Crippen molar-refractivity contribution in [1.29, 1.82) is 0 Å². The summed E-state index contributed by atoms with van der Waals surface area (Å²) in [4.78, 5) is 18.5. The molecule has 128 valence electrons. The molecule has 0 N–H and O–H groups in total. The quantitative estimate of drug-likeness (QED) is 0.635. The van der Waals surface area contributed by atoms with Crippen LogP contribution in [0.3, 0.4) is 0 Å². The van der Waals surface area contributed by atoms with Crippen LogP contribution in [0.15, 0.2) is 36.4 Å². The van der Waals surface area contributed by atoms with E-state index in [1.807, 2.05) is 18.2 Å². The minimum atomic E-state index is -0.524. The van der Waals surface area contributed by atoms with Gasteiger partial charge >= 0.3 is 0 Å². The second-order valence-electron chi connectivity index (χ2n) is 5.39. The topological polar surface area (TPSA) is 42.4 Å². The molecule has 1 aliphatic heterocycles. The highest BCUT2D eigenvalue weighted by Gasteiger charge is 2.38. The lowest BCUT2D eigenvalue weighted by Gasteiger charge is -2.22. The summed E-state index contributed by atoms with van der Waals surface area (Å²) < 4.78 is 20.5. The normalized spacial score (nSPS) is 17.5. The van der Waals surface area contributed by atoms with Gasteiger partial charge in [-0.1, -0.05) is 29.0 Å². The lowest BCUT2D eigenvalue weighted by atomic mass is 10.2. The van der Waals surface area contributed by atoms with Crippen molar-refractivity contribution >= 4 is 56.0 Å². The summed E-state index contributed by atoms with van der Waals surface area (Å²) >= 11 is 8.92. The van der Waals surface area contributed by atoms with Crippen molar-refractivity contribution in [2.45, 2.75) is 5.37 Å². The van der Waals surface area contributed by atoms with Crippen LogP contribution in [0, 0.1) is 5.82 Å². The number of thioether (sulfide) groups is 1. The average molecular weight is 395 g/mol. The second kappa shape index (κ2) is 6.48. The number of nitrogens with zero attached hydrogens (tertiary/aromatic N) is 2. The van der Waals surface area contributed by atoms with Crippen molar-refractivity contribution in [3.8, 4) is 5.75 Å². The standard InChI is InChI=1S/C17H12ClFN2O2S2/c1-23-9-5-6-12-13(7-9)25-17(20-12)21-14(22)8-24-16(21)15-10(18)3-2-4-11(15)19/h2-7,16H,8H2,1H3. The van der Waals surface area contributed by atoms with Crippen molar-refractivity contribution in [3.05, 3.63) is 52.8 Å². The van der Waals surface area contributed by atoms with E-state index in [1.54, 1.807) is 19.2 Å². The maximum Gasteiger partial charge on any atom is 0.240 e. The predicted molar refractivity (Wildman–Crippen MR) is 100 cm³/mol. The number of methoxy groups -OCH3 is 1. The fourth-order valence-electron chi connectivity index (χ4n) is 2.71. The fraction of sp³-hybridized carbons (Fsp3) is 0.176. The molecule has 1 aromatic heterocycles. The number of ether oxygens (including phenoxy) is 1. The third-order valence-electron chi connectivity index (χ3n) is 3.90. The van der Waals surface area contributed by atoms with Gasteiger partial charge in [-0.25, -0.2) is 9.37 Å². The number of halogens is 2. The highest BCUT2D eigenvalue weighted by Crippen LogP contribution is 2.46. The molecule has 1 aliphatic rings. The summed E-state index contributed by atoms with van der Waals surface area (Å²) in [6.07, 6.45) is 0. The van der Waals surface area contributed by atoms with Crippen LogP contribution in [0.5, 0.6) is 5.75 Å². The minimum Gasteiger partial charge on any atom is -0.497 e. The van der Waals surface area contributed by atoms with Gasteiger partial charge < -0.3 is 4.74 Å². The maximum absolute atomic E-state index is 14.4. The third kappa shape index (κ3) is 2.86. The first-order valence-corrected chi connectivity index (χ1v) is 9.65. The van der Waals surface area contributed by atoms with Crippen LogP contribution in [0.2, 0.25) is 5.02 Å². The Balaban J connectivity index is 1.80. The van der Waals surface area contributed by atoms with E-state index >= 15 is 0 Å². The summed E-state index contributed by atoms with van der Waals surface area (Å²) in [6, 6.07) is 10.1. The van der Waals surface area contributed by atoms with Gasteiger partial charge in [0.1, 0.15) is 16.9 Å². The molecule has 8 heteroatoms. The summed E-state index contributed by atoms with van der Waals surface area (Å²) in [5.74, 6) is 0.445. The highest BCUT2D eigenvalue weighted by atomic mass is 35.5. The zero-order valence-corrected chi connectivity index (χ0v) is 15.4. The molecule has 0 saturated carbocycles. The highest BCUT2D eigenvalue weighted by molar-refractivity contribution is 8.00. The van der Waals surface area contributed by atoms with Gasteiger partial charge in [0.05, 0.1) is 23.1 Å². The van der Waals surface area contributed by atoms with Crippen molar-refractivity contribution in [2.24, 2.45) is 0 Å².